The molecule has 0 aromatic carbocycles. The van der Waals surface area contributed by atoms with E-state index in [1.165, 1.54) is 6.92 Å². The number of rotatable bonds is 4. The molecule has 3 rings (SSSR count). The second-order valence-electron chi connectivity index (χ2n) is 8.12. The molecule has 2 aliphatic rings. The first kappa shape index (κ1) is 20.5. The van der Waals surface area contributed by atoms with Gasteiger partial charge in [0, 0.05) is 32.8 Å². The molecule has 2 atom stereocenters. The van der Waals surface area contributed by atoms with Crippen LogP contribution in [0.1, 0.15) is 38.7 Å². The molecule has 0 aliphatic carbocycles. The highest BCUT2D eigenvalue weighted by Crippen LogP contribution is 2.40. The number of aromatic nitrogens is 1. The van der Waals surface area contributed by atoms with Crippen LogP contribution in [0.2, 0.25) is 0 Å². The third-order valence-electron chi connectivity index (χ3n) is 5.87. The fourth-order valence-corrected chi connectivity index (χ4v) is 4.14. The monoisotopic (exact) mass is 390 g/mol. The quantitative estimate of drug-likeness (QED) is 0.693. The SMILES string of the molecule is CC(=O)NCC(=O)N[C@]1(C)CCOC2(CCN(c3ccc(C)cn3)CC2)[C@H]1O. The number of piperidine rings is 1. The molecule has 154 valence electrons. The Kier molecular flexibility index (Phi) is 5.90. The largest absolute Gasteiger partial charge is 0.388 e. The average molecular weight is 390 g/mol. The van der Waals surface area contributed by atoms with Gasteiger partial charge in [0.1, 0.15) is 11.9 Å². The van der Waals surface area contributed by atoms with Gasteiger partial charge in [-0.3, -0.25) is 9.59 Å². The Morgan fingerprint density at radius 2 is 2.04 bits per heavy atom. The van der Waals surface area contributed by atoms with Gasteiger partial charge in [-0.05, 0) is 44.7 Å². The minimum Gasteiger partial charge on any atom is -0.388 e. The Morgan fingerprint density at radius 1 is 1.32 bits per heavy atom. The Balaban J connectivity index is 1.65. The number of carbonyl (C=O) groups is 2. The van der Waals surface area contributed by atoms with E-state index in [0.717, 1.165) is 24.5 Å². The number of nitrogens with one attached hydrogen (secondary N) is 2. The molecule has 0 saturated carbocycles. The fraction of sp³-hybridized carbons (Fsp3) is 0.650. The summed E-state index contributed by atoms with van der Waals surface area (Å²) in [5.41, 5.74) is -0.359. The molecule has 28 heavy (non-hydrogen) atoms. The van der Waals surface area contributed by atoms with E-state index in [1.54, 1.807) is 0 Å². The van der Waals surface area contributed by atoms with Gasteiger partial charge in [0.2, 0.25) is 11.8 Å². The molecule has 0 unspecified atom stereocenters. The van der Waals surface area contributed by atoms with Crippen LogP contribution in [0.25, 0.3) is 0 Å². The Labute approximate surface area is 165 Å². The van der Waals surface area contributed by atoms with Crippen LogP contribution in [0, 0.1) is 6.92 Å². The van der Waals surface area contributed by atoms with Crippen LogP contribution in [0.3, 0.4) is 0 Å². The van der Waals surface area contributed by atoms with Crippen molar-refractivity contribution in [3.8, 4) is 0 Å². The Bertz CT molecular complexity index is 715. The Hall–Kier alpha value is -2.19. The molecular formula is C20H30N4O4. The van der Waals surface area contributed by atoms with Gasteiger partial charge in [-0.15, -0.1) is 0 Å². The predicted octanol–water partition coefficient (Wildman–Crippen LogP) is 0.521. The van der Waals surface area contributed by atoms with Crippen molar-refractivity contribution in [1.82, 2.24) is 15.6 Å². The third-order valence-corrected chi connectivity index (χ3v) is 5.87. The van der Waals surface area contributed by atoms with Gasteiger partial charge < -0.3 is 25.4 Å². The minimum atomic E-state index is -0.830. The summed E-state index contributed by atoms with van der Waals surface area (Å²) in [6, 6.07) is 4.05. The van der Waals surface area contributed by atoms with Crippen molar-refractivity contribution < 1.29 is 19.4 Å². The van der Waals surface area contributed by atoms with E-state index in [-0.39, 0.29) is 18.4 Å². The lowest BCUT2D eigenvalue weighted by atomic mass is 9.73. The maximum absolute atomic E-state index is 12.2. The lowest BCUT2D eigenvalue weighted by molar-refractivity contribution is -0.198. The number of amides is 2. The van der Waals surface area contributed by atoms with Gasteiger partial charge in [0.05, 0.1) is 17.7 Å². The number of nitrogens with zero attached hydrogens (tertiary/aromatic N) is 2. The van der Waals surface area contributed by atoms with E-state index < -0.39 is 17.2 Å². The summed E-state index contributed by atoms with van der Waals surface area (Å²) in [5.74, 6) is 0.355. The summed E-state index contributed by atoms with van der Waals surface area (Å²) in [7, 11) is 0. The van der Waals surface area contributed by atoms with Gasteiger partial charge in [0.25, 0.3) is 0 Å². The summed E-state index contributed by atoms with van der Waals surface area (Å²) < 4.78 is 6.08. The molecule has 2 amide bonds. The van der Waals surface area contributed by atoms with Gasteiger partial charge in [-0.25, -0.2) is 4.98 Å². The van der Waals surface area contributed by atoms with Crippen LogP contribution in [0.15, 0.2) is 18.3 Å². The van der Waals surface area contributed by atoms with E-state index in [0.29, 0.717) is 25.9 Å². The van der Waals surface area contributed by atoms with Crippen LogP contribution in [0.4, 0.5) is 5.82 Å². The zero-order chi connectivity index (χ0) is 20.4. The van der Waals surface area contributed by atoms with E-state index in [4.69, 9.17) is 4.74 Å². The normalized spacial score (nSPS) is 26.7. The molecule has 8 nitrogen and oxygen atoms in total. The Morgan fingerprint density at radius 3 is 2.64 bits per heavy atom. The highest BCUT2D eigenvalue weighted by atomic mass is 16.5. The van der Waals surface area contributed by atoms with Crippen LogP contribution >= 0.6 is 0 Å². The second kappa shape index (κ2) is 8.05. The van der Waals surface area contributed by atoms with Crippen molar-refractivity contribution in [2.45, 2.75) is 57.3 Å². The van der Waals surface area contributed by atoms with Crippen molar-refractivity contribution in [1.29, 1.82) is 0 Å². The van der Waals surface area contributed by atoms with Gasteiger partial charge in [0.15, 0.2) is 0 Å². The van der Waals surface area contributed by atoms with Gasteiger partial charge in [-0.1, -0.05) is 6.07 Å². The highest BCUT2D eigenvalue weighted by Gasteiger charge is 2.53. The first-order valence-corrected chi connectivity index (χ1v) is 9.79. The molecule has 1 aromatic rings. The smallest absolute Gasteiger partial charge is 0.239 e. The maximum atomic E-state index is 12.2. The zero-order valence-corrected chi connectivity index (χ0v) is 16.8. The summed E-state index contributed by atoms with van der Waals surface area (Å²) in [6.07, 6.45) is 2.85. The molecule has 0 radical (unpaired) electrons. The minimum absolute atomic E-state index is 0.0988. The number of ether oxygens (including phenoxy) is 1. The standard InChI is InChI=1S/C20H30N4O4/c1-14-4-5-16(22-12-14)24-9-6-20(7-10-24)18(27)19(3,8-11-28-20)23-17(26)13-21-15(2)25/h4-5,12,18,27H,6-11,13H2,1-3H3,(H,21,25)(H,23,26)/t18-,19+/m0/s1. The highest BCUT2D eigenvalue weighted by molar-refractivity contribution is 5.84. The molecular weight excluding hydrogens is 360 g/mol. The van der Waals surface area contributed by atoms with Crippen molar-refractivity contribution in [2.75, 3.05) is 31.1 Å². The fourth-order valence-electron chi connectivity index (χ4n) is 4.14. The second-order valence-corrected chi connectivity index (χ2v) is 8.12. The van der Waals surface area contributed by atoms with Crippen molar-refractivity contribution in [2.24, 2.45) is 0 Å². The molecule has 2 aliphatic heterocycles. The predicted molar refractivity (Wildman–Crippen MR) is 105 cm³/mol. The molecule has 1 spiro atoms. The molecule has 2 fully saturated rings. The third kappa shape index (κ3) is 4.28. The van der Waals surface area contributed by atoms with Crippen molar-refractivity contribution >= 4 is 17.6 Å². The van der Waals surface area contributed by atoms with E-state index in [1.807, 2.05) is 32.2 Å². The molecule has 0 bridgehead atoms. The van der Waals surface area contributed by atoms with Crippen LogP contribution in [-0.4, -0.2) is 65.4 Å². The first-order chi connectivity index (χ1) is 13.2. The summed E-state index contributed by atoms with van der Waals surface area (Å²) in [4.78, 5) is 29.9. The van der Waals surface area contributed by atoms with Crippen molar-refractivity contribution in [3.05, 3.63) is 23.9 Å². The number of carbonyl (C=O) groups excluding carboxylic acids is 2. The van der Waals surface area contributed by atoms with Gasteiger partial charge >= 0.3 is 0 Å². The molecule has 2 saturated heterocycles. The average Bonchev–Trinajstić information content (AvgIpc) is 2.66. The number of pyridine rings is 1. The van der Waals surface area contributed by atoms with Crippen LogP contribution < -0.4 is 15.5 Å². The lowest BCUT2D eigenvalue weighted by Crippen LogP contribution is -2.69. The summed E-state index contributed by atoms with van der Waals surface area (Å²) in [5, 5.41) is 16.6. The molecule has 3 heterocycles. The van der Waals surface area contributed by atoms with E-state index in [2.05, 4.69) is 20.5 Å². The number of hydrogen-bond donors (Lipinski definition) is 3. The first-order valence-electron chi connectivity index (χ1n) is 9.79. The van der Waals surface area contributed by atoms with E-state index in [9.17, 15) is 14.7 Å². The molecule has 3 N–H and O–H groups in total. The number of aryl methyl sites for hydroxylation is 1. The molecule has 8 heteroatoms. The van der Waals surface area contributed by atoms with E-state index >= 15 is 0 Å². The zero-order valence-electron chi connectivity index (χ0n) is 16.8. The number of aliphatic hydroxyl groups is 1. The number of aliphatic hydroxyl groups excluding tert-OH is 1. The van der Waals surface area contributed by atoms with Gasteiger partial charge in [-0.2, -0.15) is 0 Å². The summed E-state index contributed by atoms with van der Waals surface area (Å²) in [6.45, 7) is 7.04. The maximum Gasteiger partial charge on any atom is 0.239 e. The van der Waals surface area contributed by atoms with Crippen LogP contribution in [0.5, 0.6) is 0 Å². The van der Waals surface area contributed by atoms with Crippen LogP contribution in [-0.2, 0) is 14.3 Å². The molecule has 1 aromatic heterocycles. The van der Waals surface area contributed by atoms with Crippen molar-refractivity contribution in [3.63, 3.8) is 0 Å². The summed E-state index contributed by atoms with van der Waals surface area (Å²) >= 11 is 0. The topological polar surface area (TPSA) is 104 Å². The number of anilines is 1. The lowest BCUT2D eigenvalue weighted by Gasteiger charge is -2.53. The number of hydrogen-bond acceptors (Lipinski definition) is 6.